The molecule has 0 atom stereocenters. The van der Waals surface area contributed by atoms with E-state index in [-0.39, 0.29) is 12.5 Å². The molecule has 0 radical (unpaired) electrons. The standard InChI is InChI=1S/C21H14Cl2N4O2S/c22-17-7-1-5-15(19(17)23)10-18-20(28)27(13-16-6-3-9-29-16)21(30-18)26-25-12-14-4-2-8-24-11-14/h1-12H,13H2/b18-10-,25-12+,26-21-. The molecule has 150 valence electrons. The van der Waals surface area contributed by atoms with Crippen LogP contribution in [0.2, 0.25) is 10.0 Å². The first-order chi connectivity index (χ1) is 14.6. The van der Waals surface area contributed by atoms with Crippen molar-refractivity contribution >= 4 is 58.3 Å². The first kappa shape index (κ1) is 20.4. The number of halogens is 2. The molecular formula is C21H14Cl2N4O2S. The second-order valence-electron chi connectivity index (χ2n) is 6.14. The number of amidine groups is 1. The van der Waals surface area contributed by atoms with Crippen LogP contribution >= 0.6 is 35.0 Å². The lowest BCUT2D eigenvalue weighted by Crippen LogP contribution is -2.28. The quantitative estimate of drug-likeness (QED) is 0.289. The van der Waals surface area contributed by atoms with E-state index in [1.54, 1.807) is 67.3 Å². The molecule has 3 heterocycles. The van der Waals surface area contributed by atoms with Crippen molar-refractivity contribution in [2.75, 3.05) is 0 Å². The fraction of sp³-hybridized carbons (Fsp3) is 0.0476. The predicted molar refractivity (Wildman–Crippen MR) is 121 cm³/mol. The molecule has 0 aliphatic carbocycles. The van der Waals surface area contributed by atoms with Gasteiger partial charge in [0.25, 0.3) is 5.91 Å². The number of hydrogen-bond acceptors (Lipinski definition) is 6. The van der Waals surface area contributed by atoms with E-state index < -0.39 is 0 Å². The van der Waals surface area contributed by atoms with Gasteiger partial charge in [0.15, 0.2) is 5.17 Å². The normalized spacial score (nSPS) is 17.0. The van der Waals surface area contributed by atoms with E-state index in [4.69, 9.17) is 27.6 Å². The Morgan fingerprint density at radius 3 is 2.83 bits per heavy atom. The van der Waals surface area contributed by atoms with Gasteiger partial charge in [-0.2, -0.15) is 5.10 Å². The average molecular weight is 457 g/mol. The number of aromatic nitrogens is 1. The summed E-state index contributed by atoms with van der Waals surface area (Å²) in [5, 5.41) is 9.60. The highest BCUT2D eigenvalue weighted by Gasteiger charge is 2.34. The zero-order valence-corrected chi connectivity index (χ0v) is 17.7. The number of benzene rings is 1. The molecule has 0 bridgehead atoms. The fourth-order valence-electron chi connectivity index (χ4n) is 2.65. The Labute approximate surface area is 186 Å². The maximum atomic E-state index is 13.1. The summed E-state index contributed by atoms with van der Waals surface area (Å²) in [7, 11) is 0. The third-order valence-corrected chi connectivity index (χ3v) is 5.92. The zero-order valence-electron chi connectivity index (χ0n) is 15.4. The largest absolute Gasteiger partial charge is 0.467 e. The van der Waals surface area contributed by atoms with Crippen LogP contribution in [0, 0.1) is 0 Å². The lowest BCUT2D eigenvalue weighted by molar-refractivity contribution is -0.122. The predicted octanol–water partition coefficient (Wildman–Crippen LogP) is 5.49. The molecule has 1 saturated heterocycles. The summed E-state index contributed by atoms with van der Waals surface area (Å²) in [6.07, 6.45) is 8.18. The number of carbonyl (C=O) groups excluding carboxylic acids is 1. The Bertz CT molecular complexity index is 1150. The van der Waals surface area contributed by atoms with Crippen LogP contribution in [0.4, 0.5) is 0 Å². The molecule has 1 aliphatic rings. The minimum absolute atomic E-state index is 0.220. The molecular weight excluding hydrogens is 443 g/mol. The molecule has 1 aromatic carbocycles. The topological polar surface area (TPSA) is 71.1 Å². The Balaban J connectivity index is 1.65. The number of hydrogen-bond donors (Lipinski definition) is 0. The van der Waals surface area contributed by atoms with E-state index in [1.165, 1.54) is 16.7 Å². The molecule has 6 nitrogen and oxygen atoms in total. The number of nitrogens with zero attached hydrogens (tertiary/aromatic N) is 4. The van der Waals surface area contributed by atoms with Crippen LogP contribution in [0.1, 0.15) is 16.9 Å². The first-order valence-electron chi connectivity index (χ1n) is 8.80. The summed E-state index contributed by atoms with van der Waals surface area (Å²) in [6, 6.07) is 12.5. The third-order valence-electron chi connectivity index (χ3n) is 4.08. The molecule has 0 N–H and O–H groups in total. The van der Waals surface area contributed by atoms with Crippen molar-refractivity contribution in [1.29, 1.82) is 0 Å². The van der Waals surface area contributed by atoms with E-state index in [0.29, 0.717) is 31.4 Å². The molecule has 0 spiro atoms. The Morgan fingerprint density at radius 2 is 2.07 bits per heavy atom. The van der Waals surface area contributed by atoms with Crippen LogP contribution in [0.15, 0.2) is 80.6 Å². The number of pyridine rings is 1. The number of carbonyl (C=O) groups is 1. The van der Waals surface area contributed by atoms with Crippen molar-refractivity contribution in [3.8, 4) is 0 Å². The van der Waals surface area contributed by atoms with Crippen LogP contribution in [0.25, 0.3) is 6.08 Å². The van der Waals surface area contributed by atoms with Gasteiger partial charge < -0.3 is 4.42 Å². The van der Waals surface area contributed by atoms with Gasteiger partial charge in [0.2, 0.25) is 0 Å². The molecule has 1 aliphatic heterocycles. The SMILES string of the molecule is O=C1/C(=C/c2cccc(Cl)c2Cl)S/C(=N\N=C\c2cccnc2)N1Cc1ccco1. The van der Waals surface area contributed by atoms with Crippen molar-refractivity contribution < 1.29 is 9.21 Å². The van der Waals surface area contributed by atoms with E-state index in [2.05, 4.69) is 15.2 Å². The summed E-state index contributed by atoms with van der Waals surface area (Å²) < 4.78 is 5.39. The molecule has 4 rings (SSSR count). The van der Waals surface area contributed by atoms with Gasteiger partial charge in [-0.25, -0.2) is 0 Å². The lowest BCUT2D eigenvalue weighted by Gasteiger charge is -2.12. The molecule has 2 aromatic heterocycles. The van der Waals surface area contributed by atoms with Gasteiger partial charge in [0.1, 0.15) is 5.76 Å². The summed E-state index contributed by atoms with van der Waals surface area (Å²) in [4.78, 5) is 19.1. The number of furan rings is 1. The Morgan fingerprint density at radius 1 is 1.17 bits per heavy atom. The van der Waals surface area contributed by atoms with Crippen LogP contribution in [-0.2, 0) is 11.3 Å². The monoisotopic (exact) mass is 456 g/mol. The van der Waals surface area contributed by atoms with Crippen LogP contribution < -0.4 is 0 Å². The summed E-state index contributed by atoms with van der Waals surface area (Å²) in [5.41, 5.74) is 1.45. The van der Waals surface area contributed by atoms with E-state index in [0.717, 1.165) is 5.56 Å². The Hall–Kier alpha value is -2.87. The van der Waals surface area contributed by atoms with Crippen molar-refractivity contribution in [1.82, 2.24) is 9.88 Å². The molecule has 1 amide bonds. The van der Waals surface area contributed by atoms with Gasteiger partial charge in [-0.05, 0) is 47.7 Å². The van der Waals surface area contributed by atoms with Crippen molar-refractivity contribution in [3.05, 3.63) is 93.0 Å². The second kappa shape index (κ2) is 9.30. The van der Waals surface area contributed by atoms with Gasteiger partial charge in [0.05, 0.1) is 34.0 Å². The van der Waals surface area contributed by atoms with E-state index in [1.807, 2.05) is 6.07 Å². The fourth-order valence-corrected chi connectivity index (χ4v) is 3.94. The smallest absolute Gasteiger partial charge is 0.267 e. The summed E-state index contributed by atoms with van der Waals surface area (Å²) in [5.74, 6) is 0.415. The van der Waals surface area contributed by atoms with E-state index in [9.17, 15) is 4.79 Å². The molecule has 3 aromatic rings. The van der Waals surface area contributed by atoms with Gasteiger partial charge in [0, 0.05) is 18.0 Å². The highest BCUT2D eigenvalue weighted by Crippen LogP contribution is 2.36. The number of rotatable bonds is 5. The van der Waals surface area contributed by atoms with Crippen molar-refractivity contribution in [2.45, 2.75) is 6.54 Å². The number of thioether (sulfide) groups is 1. The van der Waals surface area contributed by atoms with Crippen molar-refractivity contribution in [3.63, 3.8) is 0 Å². The summed E-state index contributed by atoms with van der Waals surface area (Å²) >= 11 is 13.6. The van der Waals surface area contributed by atoms with Gasteiger partial charge in [-0.3, -0.25) is 14.7 Å². The van der Waals surface area contributed by atoms with Gasteiger partial charge in [-0.1, -0.05) is 41.4 Å². The maximum absolute atomic E-state index is 13.1. The molecule has 1 fully saturated rings. The lowest BCUT2D eigenvalue weighted by atomic mass is 10.2. The van der Waals surface area contributed by atoms with Crippen LogP contribution in [0.3, 0.4) is 0 Å². The zero-order chi connectivity index (χ0) is 20.9. The highest BCUT2D eigenvalue weighted by atomic mass is 35.5. The summed E-state index contributed by atoms with van der Waals surface area (Å²) in [6.45, 7) is 0.237. The molecule has 9 heteroatoms. The molecule has 30 heavy (non-hydrogen) atoms. The second-order valence-corrected chi connectivity index (χ2v) is 7.93. The van der Waals surface area contributed by atoms with E-state index >= 15 is 0 Å². The van der Waals surface area contributed by atoms with Crippen molar-refractivity contribution in [2.24, 2.45) is 10.2 Å². The third kappa shape index (κ3) is 4.64. The van der Waals surface area contributed by atoms with Crippen LogP contribution in [0.5, 0.6) is 0 Å². The highest BCUT2D eigenvalue weighted by molar-refractivity contribution is 8.18. The maximum Gasteiger partial charge on any atom is 0.267 e. The average Bonchev–Trinajstić information content (AvgIpc) is 3.36. The number of amides is 1. The van der Waals surface area contributed by atoms with Crippen LogP contribution in [-0.4, -0.2) is 27.2 Å². The first-order valence-corrected chi connectivity index (χ1v) is 10.4. The Kier molecular flexibility index (Phi) is 6.32. The minimum Gasteiger partial charge on any atom is -0.467 e. The van der Waals surface area contributed by atoms with Gasteiger partial charge in [-0.15, -0.1) is 5.10 Å². The molecule has 0 unspecified atom stereocenters. The minimum atomic E-state index is -0.220. The molecule has 0 saturated carbocycles. The van der Waals surface area contributed by atoms with Gasteiger partial charge >= 0.3 is 0 Å².